The third kappa shape index (κ3) is 11.6. The predicted octanol–water partition coefficient (Wildman–Crippen LogP) is 7.73. The molecule has 0 atom stereocenters. The SMILES string of the molecule is CC.CC.CCC1CCCCC1.FC(F)(F)c1ccccc1. The molecule has 0 N–H and O–H groups in total. The number of hydrogen-bond donors (Lipinski definition) is 0. The van der Waals surface area contributed by atoms with Crippen LogP contribution >= 0.6 is 0 Å². The van der Waals surface area contributed by atoms with Crippen LogP contribution in [-0.4, -0.2) is 0 Å². The molecule has 1 aliphatic carbocycles. The van der Waals surface area contributed by atoms with E-state index in [2.05, 4.69) is 6.92 Å². The van der Waals surface area contributed by atoms with Crippen LogP contribution in [0.1, 0.15) is 78.7 Å². The minimum Gasteiger partial charge on any atom is -0.166 e. The lowest BCUT2D eigenvalue weighted by Crippen LogP contribution is -2.03. The van der Waals surface area contributed by atoms with E-state index in [4.69, 9.17) is 0 Å². The average molecular weight is 318 g/mol. The smallest absolute Gasteiger partial charge is 0.166 e. The maximum atomic E-state index is 11.8. The van der Waals surface area contributed by atoms with Gasteiger partial charge in [0.2, 0.25) is 0 Å². The number of halogens is 3. The zero-order valence-corrected chi connectivity index (χ0v) is 14.8. The molecule has 22 heavy (non-hydrogen) atoms. The quantitative estimate of drug-likeness (QED) is 0.497. The molecule has 0 aliphatic heterocycles. The molecule has 3 heteroatoms. The molecule has 2 rings (SSSR count). The largest absolute Gasteiger partial charge is 0.416 e. The van der Waals surface area contributed by atoms with Crippen molar-refractivity contribution in [2.24, 2.45) is 5.92 Å². The van der Waals surface area contributed by atoms with Crippen LogP contribution in [0.25, 0.3) is 0 Å². The first-order chi connectivity index (χ1) is 10.5. The van der Waals surface area contributed by atoms with Crippen LogP contribution in [0.5, 0.6) is 0 Å². The van der Waals surface area contributed by atoms with Crippen molar-refractivity contribution in [3.05, 3.63) is 35.9 Å². The van der Waals surface area contributed by atoms with Crippen LogP contribution in [-0.2, 0) is 6.18 Å². The standard InChI is InChI=1S/C8H16.C7H5F3.2C2H6/c1-2-8-6-4-3-5-7-8;8-7(9,10)6-4-2-1-3-5-6;2*1-2/h8H,2-7H2,1H3;1-5H;2*1-2H3. The number of hydrogen-bond acceptors (Lipinski definition) is 0. The van der Waals surface area contributed by atoms with Gasteiger partial charge < -0.3 is 0 Å². The van der Waals surface area contributed by atoms with E-state index in [-0.39, 0.29) is 0 Å². The lowest BCUT2D eigenvalue weighted by molar-refractivity contribution is -0.137. The van der Waals surface area contributed by atoms with Crippen molar-refractivity contribution < 1.29 is 13.2 Å². The number of benzene rings is 1. The van der Waals surface area contributed by atoms with Gasteiger partial charge in [-0.15, -0.1) is 0 Å². The van der Waals surface area contributed by atoms with Gasteiger partial charge in [0.1, 0.15) is 0 Å². The Kier molecular flexibility index (Phi) is 15.8. The maximum Gasteiger partial charge on any atom is 0.416 e. The zero-order valence-electron chi connectivity index (χ0n) is 14.8. The van der Waals surface area contributed by atoms with E-state index in [1.54, 1.807) is 6.07 Å². The molecule has 0 amide bonds. The van der Waals surface area contributed by atoms with Gasteiger partial charge in [-0.2, -0.15) is 13.2 Å². The van der Waals surface area contributed by atoms with Gasteiger partial charge in [0.05, 0.1) is 5.56 Å². The van der Waals surface area contributed by atoms with Crippen LogP contribution in [0.2, 0.25) is 0 Å². The highest BCUT2D eigenvalue weighted by Crippen LogP contribution is 2.28. The minimum atomic E-state index is -4.21. The molecule has 0 radical (unpaired) electrons. The molecule has 1 fully saturated rings. The molecule has 0 spiro atoms. The van der Waals surface area contributed by atoms with Gasteiger partial charge in [0, 0.05) is 0 Å². The fraction of sp³-hybridized carbons (Fsp3) is 0.684. The molecule has 1 aliphatic rings. The fourth-order valence-corrected chi connectivity index (χ4v) is 2.22. The highest BCUT2D eigenvalue weighted by atomic mass is 19.4. The van der Waals surface area contributed by atoms with Crippen molar-refractivity contribution in [1.82, 2.24) is 0 Å². The Morgan fingerprint density at radius 1 is 0.864 bits per heavy atom. The second-order valence-corrected chi connectivity index (χ2v) is 4.78. The topological polar surface area (TPSA) is 0 Å². The van der Waals surface area contributed by atoms with Crippen molar-refractivity contribution in [3.8, 4) is 0 Å². The number of alkyl halides is 3. The molecule has 0 unspecified atom stereocenters. The highest BCUT2D eigenvalue weighted by Gasteiger charge is 2.29. The summed E-state index contributed by atoms with van der Waals surface area (Å²) in [4.78, 5) is 0. The Morgan fingerprint density at radius 3 is 1.59 bits per heavy atom. The normalized spacial score (nSPS) is 14.4. The molecule has 0 nitrogen and oxygen atoms in total. The Hall–Kier alpha value is -0.990. The lowest BCUT2D eigenvalue weighted by Gasteiger charge is -2.18. The summed E-state index contributed by atoms with van der Waals surface area (Å²) in [5.74, 6) is 1.09. The van der Waals surface area contributed by atoms with E-state index >= 15 is 0 Å². The van der Waals surface area contributed by atoms with E-state index in [0.717, 1.165) is 18.1 Å². The maximum absolute atomic E-state index is 11.8. The van der Waals surface area contributed by atoms with Crippen molar-refractivity contribution in [2.45, 2.75) is 79.3 Å². The summed E-state index contributed by atoms with van der Waals surface area (Å²) in [5, 5.41) is 0. The molecule has 1 saturated carbocycles. The van der Waals surface area contributed by atoms with Gasteiger partial charge in [-0.3, -0.25) is 0 Å². The van der Waals surface area contributed by atoms with Crippen LogP contribution < -0.4 is 0 Å². The van der Waals surface area contributed by atoms with Crippen molar-refractivity contribution in [2.75, 3.05) is 0 Å². The number of rotatable bonds is 1. The zero-order chi connectivity index (χ0) is 17.4. The van der Waals surface area contributed by atoms with Gasteiger partial charge in [-0.25, -0.2) is 0 Å². The first-order valence-electron chi connectivity index (χ1n) is 8.66. The second kappa shape index (κ2) is 14.9. The molecule has 0 aromatic heterocycles. The summed E-state index contributed by atoms with van der Waals surface area (Å²) < 4.78 is 35.4. The molecule has 130 valence electrons. The summed E-state index contributed by atoms with van der Waals surface area (Å²) in [5.41, 5.74) is -0.602. The average Bonchev–Trinajstić information content (AvgIpc) is 2.60. The predicted molar refractivity (Wildman–Crippen MR) is 91.0 cm³/mol. The Labute approximate surface area is 135 Å². The Balaban J connectivity index is 0. The summed E-state index contributed by atoms with van der Waals surface area (Å²) in [6.07, 6.45) is 4.72. The molecule has 0 bridgehead atoms. The summed E-state index contributed by atoms with van der Waals surface area (Å²) in [6, 6.07) is 6.36. The van der Waals surface area contributed by atoms with Crippen molar-refractivity contribution >= 4 is 0 Å². The van der Waals surface area contributed by atoms with Gasteiger partial charge >= 0.3 is 6.18 Å². The van der Waals surface area contributed by atoms with E-state index < -0.39 is 11.7 Å². The molecule has 1 aromatic carbocycles. The van der Waals surface area contributed by atoms with Gasteiger partial charge in [0.15, 0.2) is 0 Å². The van der Waals surface area contributed by atoms with Crippen LogP contribution in [0.15, 0.2) is 30.3 Å². The van der Waals surface area contributed by atoms with Crippen LogP contribution in [0.3, 0.4) is 0 Å². The van der Waals surface area contributed by atoms with Crippen molar-refractivity contribution in [3.63, 3.8) is 0 Å². The lowest BCUT2D eigenvalue weighted by atomic mass is 9.88. The van der Waals surface area contributed by atoms with E-state index in [1.807, 2.05) is 27.7 Å². The second-order valence-electron chi connectivity index (χ2n) is 4.78. The molecule has 0 saturated heterocycles. The summed E-state index contributed by atoms with van der Waals surface area (Å²) in [6.45, 7) is 10.3. The molecule has 0 heterocycles. The van der Waals surface area contributed by atoms with Crippen molar-refractivity contribution in [1.29, 1.82) is 0 Å². The van der Waals surface area contributed by atoms with Crippen LogP contribution in [0, 0.1) is 5.92 Å². The highest BCUT2D eigenvalue weighted by molar-refractivity contribution is 5.17. The van der Waals surface area contributed by atoms with E-state index in [9.17, 15) is 13.2 Å². The first kappa shape index (κ1) is 23.3. The van der Waals surface area contributed by atoms with Gasteiger partial charge in [0.25, 0.3) is 0 Å². The third-order valence-corrected chi connectivity index (χ3v) is 3.40. The Morgan fingerprint density at radius 2 is 1.32 bits per heavy atom. The molecule has 1 aromatic rings. The monoisotopic (exact) mass is 318 g/mol. The van der Waals surface area contributed by atoms with E-state index in [1.165, 1.54) is 50.7 Å². The van der Waals surface area contributed by atoms with Gasteiger partial charge in [-0.05, 0) is 5.92 Å². The van der Waals surface area contributed by atoms with Gasteiger partial charge in [-0.1, -0.05) is 103 Å². The third-order valence-electron chi connectivity index (χ3n) is 3.40. The molecular weight excluding hydrogens is 285 g/mol. The van der Waals surface area contributed by atoms with E-state index in [0.29, 0.717) is 0 Å². The molecular formula is C19H33F3. The Bertz CT molecular complexity index is 311. The van der Waals surface area contributed by atoms with Crippen LogP contribution in [0.4, 0.5) is 13.2 Å². The fourth-order valence-electron chi connectivity index (χ4n) is 2.22. The summed E-state index contributed by atoms with van der Waals surface area (Å²) in [7, 11) is 0. The summed E-state index contributed by atoms with van der Waals surface area (Å²) >= 11 is 0. The first-order valence-corrected chi connectivity index (χ1v) is 8.66. The minimum absolute atomic E-state index is 0.602.